The molecule has 0 aromatic carbocycles. The van der Waals surface area contributed by atoms with E-state index < -0.39 is 0 Å². The van der Waals surface area contributed by atoms with Gasteiger partial charge in [0.2, 0.25) is 0 Å². The van der Waals surface area contributed by atoms with Crippen LogP contribution < -0.4 is 0 Å². The SMILES string of the molecule is CCn1ncc2c(-c3cncc(Br)c3)c(C=O)c(C)nc21. The summed E-state index contributed by atoms with van der Waals surface area (Å²) in [5.41, 5.74) is 3.77. The van der Waals surface area contributed by atoms with E-state index in [9.17, 15) is 4.79 Å². The fourth-order valence-corrected chi connectivity index (χ4v) is 2.82. The largest absolute Gasteiger partial charge is 0.298 e. The van der Waals surface area contributed by atoms with Gasteiger partial charge in [-0.25, -0.2) is 9.67 Å². The molecule has 0 atom stereocenters. The number of nitrogens with zero attached hydrogens (tertiary/aromatic N) is 4. The Balaban J connectivity index is 2.43. The molecule has 5 nitrogen and oxygen atoms in total. The minimum Gasteiger partial charge on any atom is -0.298 e. The maximum atomic E-state index is 11.5. The van der Waals surface area contributed by atoms with E-state index in [1.54, 1.807) is 18.6 Å². The lowest BCUT2D eigenvalue weighted by atomic mass is 9.98. The highest BCUT2D eigenvalue weighted by molar-refractivity contribution is 9.10. The summed E-state index contributed by atoms with van der Waals surface area (Å²) in [7, 11) is 0. The van der Waals surface area contributed by atoms with E-state index in [1.165, 1.54) is 0 Å². The van der Waals surface area contributed by atoms with Crippen LogP contribution in [0.5, 0.6) is 0 Å². The summed E-state index contributed by atoms with van der Waals surface area (Å²) in [4.78, 5) is 20.2. The number of halogens is 1. The van der Waals surface area contributed by atoms with Crippen LogP contribution in [0, 0.1) is 6.92 Å². The Morgan fingerprint density at radius 1 is 1.33 bits per heavy atom. The van der Waals surface area contributed by atoms with Crippen LogP contribution in [-0.4, -0.2) is 26.0 Å². The number of carbonyl (C=O) groups is 1. The molecule has 3 aromatic rings. The number of aryl methyl sites for hydroxylation is 2. The van der Waals surface area contributed by atoms with Crippen LogP contribution in [0.4, 0.5) is 0 Å². The van der Waals surface area contributed by atoms with Crippen molar-refractivity contribution in [1.82, 2.24) is 19.7 Å². The van der Waals surface area contributed by atoms with Crippen molar-refractivity contribution in [3.63, 3.8) is 0 Å². The van der Waals surface area contributed by atoms with Gasteiger partial charge in [0.1, 0.15) is 0 Å². The molecule has 0 aliphatic carbocycles. The number of rotatable bonds is 3. The Labute approximate surface area is 130 Å². The average Bonchev–Trinajstić information content (AvgIpc) is 2.88. The van der Waals surface area contributed by atoms with E-state index >= 15 is 0 Å². The molecule has 21 heavy (non-hydrogen) atoms. The van der Waals surface area contributed by atoms with Gasteiger partial charge in [-0.05, 0) is 35.8 Å². The predicted octanol–water partition coefficient (Wildman–Crippen LogP) is 3.40. The molecule has 0 aliphatic heterocycles. The topological polar surface area (TPSA) is 60.7 Å². The van der Waals surface area contributed by atoms with E-state index in [0.29, 0.717) is 11.3 Å². The molecular formula is C15H13BrN4O. The molecule has 106 valence electrons. The second kappa shape index (κ2) is 5.37. The molecule has 0 amide bonds. The fourth-order valence-electron chi connectivity index (χ4n) is 2.45. The molecule has 6 heteroatoms. The lowest BCUT2D eigenvalue weighted by Crippen LogP contribution is -2.02. The van der Waals surface area contributed by atoms with Gasteiger partial charge >= 0.3 is 0 Å². The van der Waals surface area contributed by atoms with E-state index in [4.69, 9.17) is 0 Å². The Morgan fingerprint density at radius 2 is 2.14 bits per heavy atom. The maximum absolute atomic E-state index is 11.5. The first kappa shape index (κ1) is 13.9. The molecule has 0 saturated heterocycles. The first-order valence-corrected chi connectivity index (χ1v) is 7.37. The third kappa shape index (κ3) is 2.25. The number of pyridine rings is 2. The van der Waals surface area contributed by atoms with Crippen LogP contribution in [0.1, 0.15) is 23.0 Å². The van der Waals surface area contributed by atoms with Gasteiger partial charge < -0.3 is 0 Å². The number of aromatic nitrogens is 4. The van der Waals surface area contributed by atoms with Crippen LogP contribution in [-0.2, 0) is 6.54 Å². The van der Waals surface area contributed by atoms with Gasteiger partial charge in [0.05, 0.1) is 11.9 Å². The molecule has 0 fully saturated rings. The molecule has 0 radical (unpaired) electrons. The van der Waals surface area contributed by atoms with E-state index in [1.807, 2.05) is 24.6 Å². The van der Waals surface area contributed by atoms with Gasteiger partial charge in [-0.15, -0.1) is 0 Å². The Kier molecular flexibility index (Phi) is 3.55. The first-order chi connectivity index (χ1) is 10.2. The lowest BCUT2D eigenvalue weighted by molar-refractivity contribution is 0.112. The van der Waals surface area contributed by atoms with Crippen LogP contribution in [0.15, 0.2) is 29.1 Å². The Bertz CT molecular complexity index is 841. The van der Waals surface area contributed by atoms with Gasteiger partial charge in [-0.2, -0.15) is 5.10 Å². The first-order valence-electron chi connectivity index (χ1n) is 6.58. The zero-order chi connectivity index (χ0) is 15.0. The predicted molar refractivity (Wildman–Crippen MR) is 84.3 cm³/mol. The normalized spacial score (nSPS) is 11.0. The van der Waals surface area contributed by atoms with Gasteiger partial charge in [0.25, 0.3) is 0 Å². The van der Waals surface area contributed by atoms with Crippen molar-refractivity contribution >= 4 is 33.2 Å². The quantitative estimate of drug-likeness (QED) is 0.683. The molecule has 0 N–H and O–H groups in total. The van der Waals surface area contributed by atoms with E-state index in [0.717, 1.165) is 39.5 Å². The molecule has 3 heterocycles. The fraction of sp³-hybridized carbons (Fsp3) is 0.200. The van der Waals surface area contributed by atoms with Crippen molar-refractivity contribution in [3.8, 4) is 11.1 Å². The standard InChI is InChI=1S/C15H13BrN4O/c1-3-20-15-12(7-18-20)14(13(8-21)9(2)19-15)10-4-11(16)6-17-5-10/h4-8H,3H2,1-2H3. The second-order valence-corrected chi connectivity index (χ2v) is 5.61. The van der Waals surface area contributed by atoms with Crippen LogP contribution in [0.2, 0.25) is 0 Å². The summed E-state index contributed by atoms with van der Waals surface area (Å²) in [6, 6.07) is 1.94. The monoisotopic (exact) mass is 344 g/mol. The van der Waals surface area contributed by atoms with Gasteiger partial charge in [0, 0.05) is 45.5 Å². The molecule has 3 aromatic heterocycles. The molecule has 0 spiro atoms. The molecule has 0 aliphatic rings. The number of hydrogen-bond acceptors (Lipinski definition) is 4. The zero-order valence-corrected chi connectivity index (χ0v) is 13.3. The van der Waals surface area contributed by atoms with E-state index in [2.05, 4.69) is 31.0 Å². The summed E-state index contributed by atoms with van der Waals surface area (Å²) < 4.78 is 2.69. The van der Waals surface area contributed by atoms with Crippen molar-refractivity contribution in [2.45, 2.75) is 20.4 Å². The van der Waals surface area contributed by atoms with Crippen molar-refractivity contribution in [2.75, 3.05) is 0 Å². The lowest BCUT2D eigenvalue weighted by Gasteiger charge is -2.10. The van der Waals surface area contributed by atoms with Crippen molar-refractivity contribution in [2.24, 2.45) is 0 Å². The smallest absolute Gasteiger partial charge is 0.158 e. The van der Waals surface area contributed by atoms with Gasteiger partial charge in [0.15, 0.2) is 11.9 Å². The molecule has 0 unspecified atom stereocenters. The number of carbonyl (C=O) groups excluding carboxylic acids is 1. The average molecular weight is 345 g/mol. The second-order valence-electron chi connectivity index (χ2n) is 4.69. The highest BCUT2D eigenvalue weighted by Gasteiger charge is 2.17. The van der Waals surface area contributed by atoms with E-state index in [-0.39, 0.29) is 0 Å². The third-order valence-corrected chi connectivity index (χ3v) is 3.86. The number of fused-ring (bicyclic) bond motifs is 1. The summed E-state index contributed by atoms with van der Waals surface area (Å²) in [6.45, 7) is 4.58. The summed E-state index contributed by atoms with van der Waals surface area (Å²) in [5, 5.41) is 5.21. The minimum absolute atomic E-state index is 0.582. The number of hydrogen-bond donors (Lipinski definition) is 0. The summed E-state index contributed by atoms with van der Waals surface area (Å²) in [6.07, 6.45) is 6.07. The van der Waals surface area contributed by atoms with Crippen LogP contribution in [0.25, 0.3) is 22.2 Å². The van der Waals surface area contributed by atoms with Crippen molar-refractivity contribution in [3.05, 3.63) is 40.4 Å². The van der Waals surface area contributed by atoms with Gasteiger partial charge in [-0.1, -0.05) is 0 Å². The molecule has 0 bridgehead atoms. The molecule has 3 rings (SSSR count). The summed E-state index contributed by atoms with van der Waals surface area (Å²) >= 11 is 3.42. The molecule has 0 saturated carbocycles. The Hall–Kier alpha value is -2.08. The van der Waals surface area contributed by atoms with Gasteiger partial charge in [-0.3, -0.25) is 9.78 Å². The van der Waals surface area contributed by atoms with Crippen LogP contribution >= 0.6 is 15.9 Å². The minimum atomic E-state index is 0.582. The number of aldehydes is 1. The van der Waals surface area contributed by atoms with Crippen molar-refractivity contribution in [1.29, 1.82) is 0 Å². The summed E-state index contributed by atoms with van der Waals surface area (Å²) in [5.74, 6) is 0. The third-order valence-electron chi connectivity index (χ3n) is 3.42. The maximum Gasteiger partial charge on any atom is 0.158 e. The Morgan fingerprint density at radius 3 is 2.81 bits per heavy atom. The van der Waals surface area contributed by atoms with Crippen molar-refractivity contribution < 1.29 is 4.79 Å². The zero-order valence-electron chi connectivity index (χ0n) is 11.7. The highest BCUT2D eigenvalue weighted by Crippen LogP contribution is 2.32. The highest BCUT2D eigenvalue weighted by atomic mass is 79.9. The van der Waals surface area contributed by atoms with Crippen LogP contribution in [0.3, 0.4) is 0 Å². The molecular weight excluding hydrogens is 332 g/mol.